The Balaban J connectivity index is 1.43. The smallest absolute Gasteiger partial charge is 0.331 e. The second kappa shape index (κ2) is 6.80. The summed E-state index contributed by atoms with van der Waals surface area (Å²) in [5.74, 6) is 0.0252. The van der Waals surface area contributed by atoms with Crippen LogP contribution in [0.4, 0.5) is 0 Å². The predicted octanol–water partition coefficient (Wildman–Crippen LogP) is 3.29. The van der Waals surface area contributed by atoms with Crippen molar-refractivity contribution in [3.63, 3.8) is 0 Å². The van der Waals surface area contributed by atoms with Crippen molar-refractivity contribution in [2.45, 2.75) is 95.9 Å². The van der Waals surface area contributed by atoms with Crippen molar-refractivity contribution in [2.24, 2.45) is 28.6 Å². The van der Waals surface area contributed by atoms with Crippen molar-refractivity contribution in [1.29, 1.82) is 0 Å². The summed E-state index contributed by atoms with van der Waals surface area (Å²) >= 11 is 0. The van der Waals surface area contributed by atoms with Crippen LogP contribution < -0.4 is 0 Å². The molecule has 2 N–H and O–H groups in total. The van der Waals surface area contributed by atoms with Gasteiger partial charge in [0.05, 0.1) is 11.2 Å². The van der Waals surface area contributed by atoms with E-state index in [4.69, 9.17) is 9.47 Å². The third kappa shape index (κ3) is 2.83. The van der Waals surface area contributed by atoms with Gasteiger partial charge in [-0.2, -0.15) is 0 Å². The van der Waals surface area contributed by atoms with Gasteiger partial charge in [0.2, 0.25) is 0 Å². The molecule has 0 aromatic rings. The minimum atomic E-state index is -0.858. The molecular formula is C25H36O6. The molecule has 6 heteroatoms. The van der Waals surface area contributed by atoms with Crippen LogP contribution in [0.3, 0.4) is 0 Å². The molecule has 4 saturated carbocycles. The molecular weight excluding hydrogens is 396 g/mol. The highest BCUT2D eigenvalue weighted by atomic mass is 16.5. The van der Waals surface area contributed by atoms with Gasteiger partial charge in [0, 0.05) is 24.8 Å². The molecule has 5 rings (SSSR count). The number of hydrogen-bond acceptors (Lipinski definition) is 6. The molecule has 1 aliphatic heterocycles. The number of hydrogen-bond donors (Lipinski definition) is 2. The van der Waals surface area contributed by atoms with Crippen molar-refractivity contribution in [1.82, 2.24) is 0 Å². The molecule has 0 aromatic carbocycles. The van der Waals surface area contributed by atoms with E-state index in [1.807, 2.05) is 0 Å². The molecule has 0 spiro atoms. The van der Waals surface area contributed by atoms with Crippen LogP contribution in [0.15, 0.2) is 11.6 Å². The van der Waals surface area contributed by atoms with E-state index >= 15 is 0 Å². The molecule has 0 saturated heterocycles. The maximum absolute atomic E-state index is 12.2. The quantitative estimate of drug-likeness (QED) is 0.651. The molecule has 0 aromatic heterocycles. The number of esters is 2. The maximum atomic E-state index is 12.2. The van der Waals surface area contributed by atoms with Crippen molar-refractivity contribution in [3.05, 3.63) is 11.6 Å². The highest BCUT2D eigenvalue weighted by Gasteiger charge is 2.70. The molecule has 8 atom stereocenters. The second-order valence-corrected chi connectivity index (χ2v) is 11.5. The molecule has 172 valence electrons. The van der Waals surface area contributed by atoms with Crippen LogP contribution in [0.1, 0.15) is 78.6 Å². The van der Waals surface area contributed by atoms with Crippen LogP contribution in [0, 0.1) is 28.6 Å². The van der Waals surface area contributed by atoms with Crippen LogP contribution in [0.25, 0.3) is 0 Å². The fourth-order valence-corrected chi connectivity index (χ4v) is 8.70. The number of ether oxygens (including phenoxy) is 2. The zero-order valence-electron chi connectivity index (χ0n) is 19.0. The number of aliphatic hydroxyl groups is 2. The Morgan fingerprint density at radius 1 is 1.03 bits per heavy atom. The van der Waals surface area contributed by atoms with E-state index in [0.29, 0.717) is 19.4 Å². The van der Waals surface area contributed by atoms with Crippen molar-refractivity contribution < 1.29 is 29.3 Å². The summed E-state index contributed by atoms with van der Waals surface area (Å²) in [5.41, 5.74) is -1.16. The zero-order valence-corrected chi connectivity index (χ0v) is 19.0. The lowest BCUT2D eigenvalue weighted by atomic mass is 9.42. The topological polar surface area (TPSA) is 93.1 Å². The van der Waals surface area contributed by atoms with Gasteiger partial charge in [-0.25, -0.2) is 4.79 Å². The normalized spacial score (nSPS) is 51.3. The van der Waals surface area contributed by atoms with Gasteiger partial charge in [-0.15, -0.1) is 0 Å². The SMILES string of the molecule is CC(=O)O[C@@H]1CC[C@]2(C)[C@H]3CC[C@]4(C)[C@@H](C5=CC(=O)OC5)CC[C@]4(O)[C@@H]3CC[C@]2(O)C1. The number of carbonyl (C=O) groups excluding carboxylic acids is 2. The molecule has 4 aliphatic carbocycles. The van der Waals surface area contributed by atoms with E-state index in [1.54, 1.807) is 6.08 Å². The van der Waals surface area contributed by atoms with Crippen LogP contribution in [0.2, 0.25) is 0 Å². The number of cyclic esters (lactones) is 1. The fourth-order valence-electron chi connectivity index (χ4n) is 8.70. The maximum Gasteiger partial charge on any atom is 0.331 e. The molecule has 0 unspecified atom stereocenters. The first-order chi connectivity index (χ1) is 14.5. The predicted molar refractivity (Wildman–Crippen MR) is 113 cm³/mol. The summed E-state index contributed by atoms with van der Waals surface area (Å²) in [5, 5.41) is 24.0. The summed E-state index contributed by atoms with van der Waals surface area (Å²) < 4.78 is 10.7. The van der Waals surface area contributed by atoms with Gasteiger partial charge in [-0.3, -0.25) is 4.79 Å². The minimum Gasteiger partial charge on any atom is -0.462 e. The summed E-state index contributed by atoms with van der Waals surface area (Å²) in [6.45, 7) is 6.21. The first-order valence-electron chi connectivity index (χ1n) is 12.0. The van der Waals surface area contributed by atoms with Gasteiger partial charge < -0.3 is 19.7 Å². The van der Waals surface area contributed by atoms with Gasteiger partial charge in [0.25, 0.3) is 0 Å². The summed E-state index contributed by atoms with van der Waals surface area (Å²) in [6, 6.07) is 0. The Morgan fingerprint density at radius 2 is 1.74 bits per heavy atom. The molecule has 31 heavy (non-hydrogen) atoms. The Hall–Kier alpha value is -1.40. The number of rotatable bonds is 2. The lowest BCUT2D eigenvalue weighted by molar-refractivity contribution is -0.256. The fraction of sp³-hybridized carbons (Fsp3) is 0.840. The molecule has 0 bridgehead atoms. The summed E-state index contributed by atoms with van der Waals surface area (Å²) in [6.07, 6.45) is 8.41. The largest absolute Gasteiger partial charge is 0.462 e. The Kier molecular flexibility index (Phi) is 4.70. The van der Waals surface area contributed by atoms with E-state index in [1.165, 1.54) is 6.92 Å². The highest BCUT2D eigenvalue weighted by Crippen LogP contribution is 2.70. The third-order valence-electron chi connectivity index (χ3n) is 10.4. The Labute approximate surface area is 184 Å². The average Bonchev–Trinajstić information content (AvgIpc) is 3.22. The van der Waals surface area contributed by atoms with Crippen molar-refractivity contribution in [2.75, 3.05) is 6.61 Å². The van der Waals surface area contributed by atoms with Gasteiger partial charge in [-0.05, 0) is 80.1 Å². The lowest BCUT2D eigenvalue weighted by Gasteiger charge is -2.66. The van der Waals surface area contributed by atoms with E-state index in [-0.39, 0.29) is 46.6 Å². The Bertz CT molecular complexity index is 836. The number of fused-ring (bicyclic) bond motifs is 5. The van der Waals surface area contributed by atoms with E-state index in [2.05, 4.69) is 13.8 Å². The van der Waals surface area contributed by atoms with Gasteiger partial charge in [-0.1, -0.05) is 13.8 Å². The summed E-state index contributed by atoms with van der Waals surface area (Å²) in [4.78, 5) is 23.2. The molecule has 6 nitrogen and oxygen atoms in total. The lowest BCUT2D eigenvalue weighted by Crippen LogP contribution is -2.67. The van der Waals surface area contributed by atoms with Crippen LogP contribution in [-0.2, 0) is 19.1 Å². The first-order valence-corrected chi connectivity index (χ1v) is 12.0. The minimum absolute atomic E-state index is 0.144. The Morgan fingerprint density at radius 3 is 2.42 bits per heavy atom. The zero-order chi connectivity index (χ0) is 22.2. The van der Waals surface area contributed by atoms with Crippen LogP contribution in [0.5, 0.6) is 0 Å². The average molecular weight is 433 g/mol. The van der Waals surface area contributed by atoms with Crippen LogP contribution in [-0.4, -0.2) is 46.1 Å². The summed E-state index contributed by atoms with van der Waals surface area (Å²) in [7, 11) is 0. The van der Waals surface area contributed by atoms with Gasteiger partial charge >= 0.3 is 11.9 Å². The van der Waals surface area contributed by atoms with E-state index in [9.17, 15) is 19.8 Å². The number of carbonyl (C=O) groups is 2. The molecule has 5 aliphatic rings. The van der Waals surface area contributed by atoms with E-state index in [0.717, 1.165) is 50.5 Å². The van der Waals surface area contributed by atoms with Crippen molar-refractivity contribution in [3.8, 4) is 0 Å². The van der Waals surface area contributed by atoms with E-state index < -0.39 is 11.2 Å². The highest BCUT2D eigenvalue weighted by molar-refractivity contribution is 5.85. The van der Waals surface area contributed by atoms with Gasteiger partial charge in [0.1, 0.15) is 12.7 Å². The second-order valence-electron chi connectivity index (χ2n) is 11.5. The molecule has 0 radical (unpaired) electrons. The van der Waals surface area contributed by atoms with Crippen LogP contribution >= 0.6 is 0 Å². The monoisotopic (exact) mass is 432 g/mol. The van der Waals surface area contributed by atoms with Gasteiger partial charge in [0.15, 0.2) is 0 Å². The first kappa shape index (κ1) is 21.4. The standard InChI is InChI=1S/C25H36O6/c1-15(26)31-17-4-8-22(2)19-5-9-23(3)18(16-12-21(27)30-14-16)7-11-25(23,29)20(19)6-10-24(22,28)13-17/h12,17-20,28-29H,4-11,13-14H2,1-3H3/t17-,18-,19+,20-,22-,23-,24+,25+/m1/s1. The molecule has 0 amide bonds. The molecule has 1 heterocycles. The third-order valence-corrected chi connectivity index (χ3v) is 10.4. The molecule has 4 fully saturated rings. The van der Waals surface area contributed by atoms with Crippen molar-refractivity contribution >= 4 is 11.9 Å².